The van der Waals surface area contributed by atoms with Gasteiger partial charge in [-0.1, -0.05) is 0 Å². The number of aliphatic hydroxyl groups is 1. The number of hydrogen-bond acceptors (Lipinski definition) is 6. The van der Waals surface area contributed by atoms with Crippen molar-refractivity contribution >= 4 is 22.2 Å². The van der Waals surface area contributed by atoms with Crippen LogP contribution < -0.4 is 11.1 Å². The fraction of sp³-hybridized carbons (Fsp3) is 0.500. The highest BCUT2D eigenvalue weighted by Crippen LogP contribution is 2.16. The van der Waals surface area contributed by atoms with E-state index in [1.165, 1.54) is 11.3 Å². The first kappa shape index (κ1) is 13.5. The molecule has 0 saturated carbocycles. The van der Waals surface area contributed by atoms with Crippen LogP contribution in [0.3, 0.4) is 0 Å². The van der Waals surface area contributed by atoms with Gasteiger partial charge in [-0.25, -0.2) is 4.98 Å². The fourth-order valence-electron chi connectivity index (χ4n) is 2.25. The van der Waals surface area contributed by atoms with Gasteiger partial charge in [0.1, 0.15) is 12.3 Å². The van der Waals surface area contributed by atoms with Crippen molar-refractivity contribution in [2.24, 2.45) is 5.73 Å². The van der Waals surface area contributed by atoms with Crippen LogP contribution in [-0.2, 0) is 16.0 Å². The molecule has 1 aliphatic heterocycles. The third kappa shape index (κ3) is 2.83. The minimum absolute atomic E-state index is 0.146. The Labute approximate surface area is 119 Å². The van der Waals surface area contributed by atoms with E-state index in [0.29, 0.717) is 6.42 Å². The van der Waals surface area contributed by atoms with Crippen LogP contribution in [0, 0.1) is 0 Å². The lowest BCUT2D eigenvalue weighted by molar-refractivity contribution is -0.121. The molecule has 3 rings (SSSR count). The number of hydrogen-bond donors (Lipinski definition) is 3. The summed E-state index contributed by atoms with van der Waals surface area (Å²) in [5.74, 6) is -0.146. The molecular weight excluding hydrogens is 280 g/mol. The van der Waals surface area contributed by atoms with Crippen molar-refractivity contribution in [2.75, 3.05) is 6.54 Å². The normalized spacial score (nSPS) is 26.2. The minimum atomic E-state index is -0.622. The molecule has 3 heterocycles. The van der Waals surface area contributed by atoms with Crippen LogP contribution in [0.4, 0.5) is 0 Å². The smallest absolute Gasteiger partial charge is 0.226 e. The highest BCUT2D eigenvalue weighted by Gasteiger charge is 2.31. The zero-order valence-electron chi connectivity index (χ0n) is 10.7. The number of carbonyl (C=O) groups excluding carboxylic acids is 1. The second kappa shape index (κ2) is 5.49. The summed E-state index contributed by atoms with van der Waals surface area (Å²) >= 11 is 1.52. The molecule has 0 aromatic carbocycles. The number of nitrogens with two attached hydrogens (primary N) is 1. The number of carbonyl (C=O) groups is 1. The Balaban J connectivity index is 1.51. The Kier molecular flexibility index (Phi) is 3.70. The van der Waals surface area contributed by atoms with Crippen LogP contribution in [0.1, 0.15) is 12.1 Å². The molecule has 8 heteroatoms. The van der Waals surface area contributed by atoms with E-state index >= 15 is 0 Å². The Hall–Kier alpha value is -1.48. The lowest BCUT2D eigenvalue weighted by atomic mass is 10.2. The molecule has 20 heavy (non-hydrogen) atoms. The van der Waals surface area contributed by atoms with Gasteiger partial charge in [-0.05, 0) is 0 Å². The summed E-state index contributed by atoms with van der Waals surface area (Å²) < 4.78 is 7.19. The summed E-state index contributed by atoms with van der Waals surface area (Å²) in [5, 5.41) is 14.3. The van der Waals surface area contributed by atoms with E-state index in [1.54, 1.807) is 0 Å². The largest absolute Gasteiger partial charge is 0.390 e. The first-order chi connectivity index (χ1) is 9.61. The molecule has 2 unspecified atom stereocenters. The number of nitrogens with one attached hydrogen (secondary N) is 1. The molecule has 0 radical (unpaired) electrons. The average molecular weight is 296 g/mol. The van der Waals surface area contributed by atoms with E-state index in [1.807, 2.05) is 22.2 Å². The molecule has 0 bridgehead atoms. The highest BCUT2D eigenvalue weighted by atomic mass is 32.1. The maximum Gasteiger partial charge on any atom is 0.226 e. The molecule has 3 atom stereocenters. The Bertz CT molecular complexity index is 582. The maximum absolute atomic E-state index is 11.8. The van der Waals surface area contributed by atoms with Crippen LogP contribution in [0.15, 0.2) is 17.8 Å². The standard InChI is InChI=1S/C12H16N4O3S/c13-10-4-8(17)9(19-10)5-14-11(18)3-7-6-16-1-2-20-12(16)15-7/h1-2,6,8-10,17H,3-5,13H2,(H,14,18)/t8-,9?,10?/m0/s1. The summed E-state index contributed by atoms with van der Waals surface area (Å²) in [7, 11) is 0. The van der Waals surface area contributed by atoms with E-state index in [2.05, 4.69) is 10.3 Å². The highest BCUT2D eigenvalue weighted by molar-refractivity contribution is 7.15. The summed E-state index contributed by atoms with van der Waals surface area (Å²) in [4.78, 5) is 17.0. The van der Waals surface area contributed by atoms with Gasteiger partial charge in [0.15, 0.2) is 4.96 Å². The van der Waals surface area contributed by atoms with Crippen molar-refractivity contribution in [1.82, 2.24) is 14.7 Å². The fourth-order valence-corrected chi connectivity index (χ4v) is 2.97. The molecule has 7 nitrogen and oxygen atoms in total. The van der Waals surface area contributed by atoms with Crippen molar-refractivity contribution in [2.45, 2.75) is 31.3 Å². The second-order valence-corrected chi connectivity index (χ2v) is 5.69. The molecule has 4 N–H and O–H groups in total. The van der Waals surface area contributed by atoms with Gasteiger partial charge in [0.25, 0.3) is 0 Å². The lowest BCUT2D eigenvalue weighted by Gasteiger charge is -2.14. The number of ether oxygens (including phenoxy) is 1. The monoisotopic (exact) mass is 296 g/mol. The molecule has 2 aromatic rings. The van der Waals surface area contributed by atoms with Gasteiger partial charge in [-0.15, -0.1) is 11.3 Å². The summed E-state index contributed by atoms with van der Waals surface area (Å²) in [6, 6.07) is 0. The Morgan fingerprint density at radius 3 is 3.25 bits per heavy atom. The third-order valence-corrected chi connectivity index (χ3v) is 4.01. The quantitative estimate of drug-likeness (QED) is 0.705. The van der Waals surface area contributed by atoms with Crippen molar-refractivity contribution in [3.63, 3.8) is 0 Å². The van der Waals surface area contributed by atoms with Crippen LogP contribution in [-0.4, -0.2) is 45.4 Å². The molecule has 1 saturated heterocycles. The van der Waals surface area contributed by atoms with Crippen molar-refractivity contribution in [3.8, 4) is 0 Å². The van der Waals surface area contributed by atoms with Crippen molar-refractivity contribution in [3.05, 3.63) is 23.5 Å². The van der Waals surface area contributed by atoms with Gasteiger partial charge in [0.2, 0.25) is 5.91 Å². The molecule has 0 aliphatic carbocycles. The van der Waals surface area contributed by atoms with E-state index in [-0.39, 0.29) is 18.9 Å². The SMILES string of the molecule is NC1C[C@H](O)C(CNC(=O)Cc2cn3ccsc3n2)O1. The van der Waals surface area contributed by atoms with Crippen molar-refractivity contribution in [1.29, 1.82) is 0 Å². The zero-order chi connectivity index (χ0) is 14.1. The molecule has 1 aliphatic rings. The van der Waals surface area contributed by atoms with Crippen molar-refractivity contribution < 1.29 is 14.6 Å². The van der Waals surface area contributed by atoms with Gasteiger partial charge in [-0.3, -0.25) is 9.20 Å². The number of fused-ring (bicyclic) bond motifs is 1. The summed E-state index contributed by atoms with van der Waals surface area (Å²) in [6.45, 7) is 0.260. The van der Waals surface area contributed by atoms with E-state index in [4.69, 9.17) is 10.5 Å². The van der Waals surface area contributed by atoms with Gasteiger partial charge < -0.3 is 20.9 Å². The molecule has 108 valence electrons. The summed E-state index contributed by atoms with van der Waals surface area (Å²) in [6.07, 6.45) is 2.84. The molecule has 0 spiro atoms. The van der Waals surface area contributed by atoms with Crippen LogP contribution in [0.5, 0.6) is 0 Å². The molecule has 1 fully saturated rings. The molecular formula is C12H16N4O3S. The van der Waals surface area contributed by atoms with Crippen LogP contribution in [0.25, 0.3) is 4.96 Å². The maximum atomic E-state index is 11.8. The van der Waals surface area contributed by atoms with E-state index in [9.17, 15) is 9.90 Å². The number of thiazole rings is 1. The van der Waals surface area contributed by atoms with Crippen LogP contribution >= 0.6 is 11.3 Å². The van der Waals surface area contributed by atoms with E-state index in [0.717, 1.165) is 10.7 Å². The molecule has 1 amide bonds. The van der Waals surface area contributed by atoms with Crippen LogP contribution in [0.2, 0.25) is 0 Å². The average Bonchev–Trinajstić information content (AvgIpc) is 3.01. The Morgan fingerprint density at radius 1 is 1.70 bits per heavy atom. The van der Waals surface area contributed by atoms with E-state index < -0.39 is 18.4 Å². The zero-order valence-corrected chi connectivity index (χ0v) is 11.5. The summed E-state index contributed by atoms with van der Waals surface area (Å²) in [5.41, 5.74) is 6.29. The van der Waals surface area contributed by atoms with Gasteiger partial charge in [0.05, 0.1) is 18.2 Å². The predicted molar refractivity (Wildman–Crippen MR) is 73.3 cm³/mol. The Morgan fingerprint density at radius 2 is 2.55 bits per heavy atom. The number of rotatable bonds is 4. The second-order valence-electron chi connectivity index (χ2n) is 4.82. The van der Waals surface area contributed by atoms with Gasteiger partial charge in [0, 0.05) is 30.7 Å². The topological polar surface area (TPSA) is 102 Å². The number of aromatic nitrogens is 2. The predicted octanol–water partition coefficient (Wildman–Crippen LogP) is -0.511. The number of aliphatic hydroxyl groups excluding tert-OH is 1. The first-order valence-electron chi connectivity index (χ1n) is 6.38. The number of imidazole rings is 1. The first-order valence-corrected chi connectivity index (χ1v) is 7.26. The third-order valence-electron chi connectivity index (χ3n) is 3.24. The number of nitrogens with zero attached hydrogens (tertiary/aromatic N) is 2. The van der Waals surface area contributed by atoms with Gasteiger partial charge in [-0.2, -0.15) is 0 Å². The number of amides is 1. The lowest BCUT2D eigenvalue weighted by Crippen LogP contribution is -2.38. The van der Waals surface area contributed by atoms with Gasteiger partial charge >= 0.3 is 0 Å². The minimum Gasteiger partial charge on any atom is -0.390 e. The molecule has 2 aromatic heterocycles.